The van der Waals surface area contributed by atoms with Gasteiger partial charge in [-0.05, 0) is 70.9 Å². The van der Waals surface area contributed by atoms with E-state index in [4.69, 9.17) is 9.47 Å². The van der Waals surface area contributed by atoms with Gasteiger partial charge in [-0.25, -0.2) is 4.98 Å². The third-order valence-corrected chi connectivity index (χ3v) is 6.88. The van der Waals surface area contributed by atoms with Gasteiger partial charge in [0.15, 0.2) is 17.3 Å². The number of halogens is 1. The zero-order chi connectivity index (χ0) is 22.0. The van der Waals surface area contributed by atoms with Crippen molar-refractivity contribution in [2.24, 2.45) is 0 Å². The third-order valence-electron chi connectivity index (χ3n) is 5.11. The predicted octanol–water partition coefficient (Wildman–Crippen LogP) is 5.26. The van der Waals surface area contributed by atoms with E-state index in [1.165, 1.54) is 4.88 Å². The second-order valence-electron chi connectivity index (χ2n) is 7.11. The monoisotopic (exact) mass is 497 g/mol. The lowest BCUT2D eigenvalue weighted by molar-refractivity contribution is 0.324. The summed E-state index contributed by atoms with van der Waals surface area (Å²) in [4.78, 5) is 22.2. The zero-order valence-electron chi connectivity index (χ0n) is 17.0. The topological polar surface area (TPSA) is 88.0 Å². The average Bonchev–Trinajstić information content (AvgIpc) is 3.15. The molecule has 8 heteroatoms. The van der Waals surface area contributed by atoms with Gasteiger partial charge in [-0.15, -0.1) is 11.3 Å². The second kappa shape index (κ2) is 9.08. The Bertz CT molecular complexity index is 1300. The van der Waals surface area contributed by atoms with E-state index in [-0.39, 0.29) is 17.0 Å². The number of nitrogens with one attached hydrogen (secondary N) is 1. The Hall–Kier alpha value is -2.89. The molecule has 0 unspecified atom stereocenters. The Labute approximate surface area is 192 Å². The highest BCUT2D eigenvalue weighted by atomic mass is 79.9. The quantitative estimate of drug-likeness (QED) is 0.370. The van der Waals surface area contributed by atoms with Crippen molar-refractivity contribution in [3.8, 4) is 17.6 Å². The van der Waals surface area contributed by atoms with Gasteiger partial charge in [0.25, 0.3) is 5.56 Å². The van der Waals surface area contributed by atoms with Gasteiger partial charge in [0.1, 0.15) is 17.5 Å². The van der Waals surface area contributed by atoms with Crippen LogP contribution in [0.3, 0.4) is 0 Å². The van der Waals surface area contributed by atoms with Crippen LogP contribution in [0.2, 0.25) is 0 Å². The van der Waals surface area contributed by atoms with Crippen molar-refractivity contribution in [3.63, 3.8) is 0 Å². The number of rotatable bonds is 6. The van der Waals surface area contributed by atoms with Gasteiger partial charge in [0.2, 0.25) is 0 Å². The maximum absolute atomic E-state index is 12.8. The number of nitriles is 1. The maximum Gasteiger partial charge on any atom is 0.260 e. The third kappa shape index (κ3) is 4.16. The highest BCUT2D eigenvalue weighted by molar-refractivity contribution is 9.10. The number of nitrogens with zero attached hydrogens (tertiary/aromatic N) is 2. The molecule has 158 valence electrons. The van der Waals surface area contributed by atoms with Crippen molar-refractivity contribution >= 4 is 49.1 Å². The van der Waals surface area contributed by atoms with Crippen LogP contribution in [0.15, 0.2) is 34.1 Å². The first kappa shape index (κ1) is 21.3. The molecule has 2 heterocycles. The van der Waals surface area contributed by atoms with Crippen LogP contribution in [-0.2, 0) is 12.8 Å². The lowest BCUT2D eigenvalue weighted by atomic mass is 9.97. The van der Waals surface area contributed by atoms with Crippen LogP contribution in [0.1, 0.15) is 34.7 Å². The summed E-state index contributed by atoms with van der Waals surface area (Å²) >= 11 is 5.05. The number of ether oxygens (including phenoxy) is 2. The first-order valence-electron chi connectivity index (χ1n) is 9.83. The highest BCUT2D eigenvalue weighted by Crippen LogP contribution is 2.38. The molecule has 4 rings (SSSR count). The number of aryl methyl sites for hydroxylation is 2. The molecule has 6 nitrogen and oxygen atoms in total. The molecule has 0 saturated heterocycles. The van der Waals surface area contributed by atoms with Crippen LogP contribution in [0, 0.1) is 11.3 Å². The molecule has 1 aliphatic rings. The molecule has 0 amide bonds. The van der Waals surface area contributed by atoms with Crippen molar-refractivity contribution in [1.82, 2.24) is 9.97 Å². The SMILES string of the molecule is C=CCOc1c(Br)cc(/C=C(\C#N)c2nc3sc4c(c3c(=O)[nH]2)CCCC4)cc1OC. The Kier molecular flexibility index (Phi) is 6.25. The molecule has 0 spiro atoms. The van der Waals surface area contributed by atoms with Crippen LogP contribution < -0.4 is 15.0 Å². The van der Waals surface area contributed by atoms with E-state index >= 15 is 0 Å². The van der Waals surface area contributed by atoms with Crippen LogP contribution in [0.5, 0.6) is 11.5 Å². The number of aromatic nitrogens is 2. The molecule has 0 fully saturated rings. The number of thiophene rings is 1. The van der Waals surface area contributed by atoms with Gasteiger partial charge in [-0.3, -0.25) is 4.79 Å². The fourth-order valence-corrected chi connectivity index (χ4v) is 5.55. The summed E-state index contributed by atoms with van der Waals surface area (Å²) in [6.07, 6.45) is 7.44. The van der Waals surface area contributed by atoms with Gasteiger partial charge >= 0.3 is 0 Å². The van der Waals surface area contributed by atoms with Gasteiger partial charge in [-0.2, -0.15) is 5.26 Å². The van der Waals surface area contributed by atoms with E-state index in [1.807, 2.05) is 6.07 Å². The minimum Gasteiger partial charge on any atom is -0.493 e. The second-order valence-corrected chi connectivity index (χ2v) is 9.05. The number of aromatic amines is 1. The van der Waals surface area contributed by atoms with Crippen molar-refractivity contribution in [2.45, 2.75) is 25.7 Å². The largest absolute Gasteiger partial charge is 0.493 e. The normalized spacial score (nSPS) is 13.5. The van der Waals surface area contributed by atoms with Gasteiger partial charge in [0, 0.05) is 4.88 Å². The molecule has 0 bridgehead atoms. The number of methoxy groups -OCH3 is 1. The Balaban J connectivity index is 1.78. The molecule has 0 radical (unpaired) electrons. The first-order chi connectivity index (χ1) is 15.0. The predicted molar refractivity (Wildman–Crippen MR) is 127 cm³/mol. The van der Waals surface area contributed by atoms with E-state index < -0.39 is 0 Å². The van der Waals surface area contributed by atoms with Crippen molar-refractivity contribution in [3.05, 3.63) is 61.4 Å². The Morgan fingerprint density at radius 2 is 2.23 bits per heavy atom. The molecular weight excluding hydrogens is 478 g/mol. The fourth-order valence-electron chi connectivity index (χ4n) is 3.72. The average molecular weight is 498 g/mol. The summed E-state index contributed by atoms with van der Waals surface area (Å²) in [5, 5.41) is 10.5. The maximum atomic E-state index is 12.8. The summed E-state index contributed by atoms with van der Waals surface area (Å²) in [6.45, 7) is 3.99. The standard InChI is InChI=1S/C23H20BrN3O3S/c1-3-8-30-20-16(24)10-13(11-17(20)29-2)9-14(12-25)21-26-22(28)19-15-6-4-5-7-18(15)31-23(19)27-21/h3,9-11H,1,4-8H2,2H3,(H,26,27,28)/b14-9+. The summed E-state index contributed by atoms with van der Waals surface area (Å²) in [5.41, 5.74) is 1.91. The number of allylic oxidation sites excluding steroid dienone is 1. The number of hydrogen-bond donors (Lipinski definition) is 1. The molecule has 0 aliphatic heterocycles. The van der Waals surface area contributed by atoms with Crippen LogP contribution in [-0.4, -0.2) is 23.7 Å². The lowest BCUT2D eigenvalue weighted by Crippen LogP contribution is -2.12. The van der Waals surface area contributed by atoms with Gasteiger partial charge < -0.3 is 14.5 Å². The van der Waals surface area contributed by atoms with E-state index in [0.29, 0.717) is 38.4 Å². The summed E-state index contributed by atoms with van der Waals surface area (Å²) < 4.78 is 11.8. The van der Waals surface area contributed by atoms with Crippen LogP contribution in [0.4, 0.5) is 0 Å². The highest BCUT2D eigenvalue weighted by Gasteiger charge is 2.20. The summed E-state index contributed by atoms with van der Waals surface area (Å²) in [6, 6.07) is 5.74. The van der Waals surface area contributed by atoms with E-state index in [2.05, 4.69) is 38.5 Å². The van der Waals surface area contributed by atoms with E-state index in [9.17, 15) is 10.1 Å². The first-order valence-corrected chi connectivity index (χ1v) is 11.4. The zero-order valence-corrected chi connectivity index (χ0v) is 19.4. The van der Waals surface area contributed by atoms with E-state index in [0.717, 1.165) is 31.2 Å². The number of fused-ring (bicyclic) bond motifs is 3. The molecule has 0 saturated carbocycles. The van der Waals surface area contributed by atoms with Crippen molar-refractivity contribution in [1.29, 1.82) is 5.26 Å². The number of hydrogen-bond acceptors (Lipinski definition) is 6. The van der Waals surface area contributed by atoms with Crippen LogP contribution >= 0.6 is 27.3 Å². The summed E-state index contributed by atoms with van der Waals surface area (Å²) in [5.74, 6) is 1.33. The molecule has 1 N–H and O–H groups in total. The Morgan fingerprint density at radius 1 is 1.42 bits per heavy atom. The van der Waals surface area contributed by atoms with Crippen molar-refractivity contribution in [2.75, 3.05) is 13.7 Å². The Morgan fingerprint density at radius 3 is 2.97 bits per heavy atom. The van der Waals surface area contributed by atoms with E-state index in [1.54, 1.807) is 36.7 Å². The van der Waals surface area contributed by atoms with Crippen molar-refractivity contribution < 1.29 is 9.47 Å². The summed E-state index contributed by atoms with van der Waals surface area (Å²) in [7, 11) is 1.55. The molecule has 1 aliphatic carbocycles. The molecular formula is C23H20BrN3O3S. The van der Waals surface area contributed by atoms with Gasteiger partial charge in [0.05, 0.1) is 22.5 Å². The minimum absolute atomic E-state index is 0.188. The molecule has 0 atom stereocenters. The molecule has 31 heavy (non-hydrogen) atoms. The van der Waals surface area contributed by atoms with Gasteiger partial charge in [-0.1, -0.05) is 12.7 Å². The molecule has 1 aromatic carbocycles. The number of benzene rings is 1. The number of H-pyrrole nitrogens is 1. The lowest BCUT2D eigenvalue weighted by Gasteiger charge is -2.12. The van der Waals surface area contributed by atoms with Crippen LogP contribution in [0.25, 0.3) is 21.9 Å². The minimum atomic E-state index is -0.188. The molecule has 2 aromatic heterocycles. The molecule has 3 aromatic rings. The fraction of sp³-hybridized carbons (Fsp3) is 0.261. The smallest absolute Gasteiger partial charge is 0.260 e.